The van der Waals surface area contributed by atoms with Crippen LogP contribution in [0.5, 0.6) is 0 Å². The van der Waals surface area contributed by atoms with Gasteiger partial charge in [-0.15, -0.1) is 0 Å². The Morgan fingerprint density at radius 2 is 1.40 bits per heavy atom. The van der Waals surface area contributed by atoms with Crippen LogP contribution in [0.4, 0.5) is 0 Å². The zero-order valence-electron chi connectivity index (χ0n) is 19.1. The molecule has 0 atom stereocenters. The number of carbonyl (C=O) groups excluding carboxylic acids is 1. The second-order valence-electron chi connectivity index (χ2n) is 8.02. The van der Waals surface area contributed by atoms with E-state index in [1.165, 1.54) is 24.0 Å². The Morgan fingerprint density at radius 1 is 0.960 bits per heavy atom. The normalized spacial score (nSPS) is 9.52. The van der Waals surface area contributed by atoms with E-state index in [0.717, 1.165) is 18.3 Å². The van der Waals surface area contributed by atoms with Crippen molar-refractivity contribution in [2.24, 2.45) is 17.8 Å². The summed E-state index contributed by atoms with van der Waals surface area (Å²) in [5.41, 5.74) is 2.78. The molecular formula is C24H46O. The van der Waals surface area contributed by atoms with E-state index in [1.807, 2.05) is 13.8 Å². The largest absolute Gasteiger partial charge is 0.300 e. The molecule has 0 saturated carbocycles. The number of ketones is 1. The molecule has 0 aromatic heterocycles. The fourth-order valence-corrected chi connectivity index (χ4v) is 1.51. The van der Waals surface area contributed by atoms with Crippen LogP contribution >= 0.6 is 0 Å². The first-order chi connectivity index (χ1) is 11.5. The van der Waals surface area contributed by atoms with Crippen LogP contribution in [0, 0.1) is 24.7 Å². The van der Waals surface area contributed by atoms with Crippen molar-refractivity contribution < 1.29 is 4.79 Å². The summed E-state index contributed by atoms with van der Waals surface area (Å²) in [5.74, 6) is 2.20. The number of rotatable bonds is 4. The minimum atomic E-state index is 0.213. The molecule has 0 unspecified atom stereocenters. The lowest BCUT2D eigenvalue weighted by atomic mass is 10.1. The highest BCUT2D eigenvalue weighted by molar-refractivity contribution is 5.77. The molecule has 0 aliphatic heterocycles. The minimum absolute atomic E-state index is 0.213. The Morgan fingerprint density at radius 3 is 1.56 bits per heavy atom. The topological polar surface area (TPSA) is 17.1 Å². The molecule has 0 aliphatic rings. The molecule has 0 N–H and O–H groups in total. The van der Waals surface area contributed by atoms with Crippen LogP contribution in [0.3, 0.4) is 0 Å². The molecule has 1 nitrogen and oxygen atoms in total. The van der Waals surface area contributed by atoms with Gasteiger partial charge in [0, 0.05) is 5.92 Å². The van der Waals surface area contributed by atoms with Crippen LogP contribution in [0.1, 0.15) is 93.2 Å². The van der Waals surface area contributed by atoms with Crippen molar-refractivity contribution in [3.8, 4) is 0 Å². The Bertz CT molecular complexity index is 400. The van der Waals surface area contributed by atoms with Crippen LogP contribution in [0.15, 0.2) is 24.3 Å². The third kappa shape index (κ3) is 31.2. The number of Topliss-reactive ketones (excluding diaryl/α,β-unsaturated/α-hetero) is 1. The molecule has 1 aromatic carbocycles. The first kappa shape index (κ1) is 28.7. The number of hydrogen-bond donors (Lipinski definition) is 0. The van der Waals surface area contributed by atoms with Crippen LogP contribution in [-0.4, -0.2) is 5.78 Å². The highest BCUT2D eigenvalue weighted by atomic mass is 16.1. The van der Waals surface area contributed by atoms with Gasteiger partial charge in [0.15, 0.2) is 0 Å². The smallest absolute Gasteiger partial charge is 0.132 e. The summed E-state index contributed by atoms with van der Waals surface area (Å²) in [6, 6.07) is 8.61. The summed E-state index contributed by atoms with van der Waals surface area (Å²) in [6.45, 7) is 22.9. The van der Waals surface area contributed by atoms with Crippen LogP contribution in [0.25, 0.3) is 0 Å². The van der Waals surface area contributed by atoms with Gasteiger partial charge in [0.25, 0.3) is 0 Å². The van der Waals surface area contributed by atoms with Crippen molar-refractivity contribution in [3.05, 3.63) is 35.4 Å². The van der Waals surface area contributed by atoms with Gasteiger partial charge >= 0.3 is 0 Å². The van der Waals surface area contributed by atoms with Gasteiger partial charge in [0.2, 0.25) is 0 Å². The van der Waals surface area contributed by atoms with Gasteiger partial charge in [0.05, 0.1) is 0 Å². The van der Waals surface area contributed by atoms with E-state index in [-0.39, 0.29) is 11.7 Å². The molecule has 0 amide bonds. The van der Waals surface area contributed by atoms with E-state index < -0.39 is 0 Å². The van der Waals surface area contributed by atoms with Gasteiger partial charge < -0.3 is 0 Å². The molecule has 1 rings (SSSR count). The summed E-state index contributed by atoms with van der Waals surface area (Å²) in [4.78, 5) is 10.1. The van der Waals surface area contributed by atoms with Gasteiger partial charge in [-0.2, -0.15) is 0 Å². The molecule has 0 aliphatic carbocycles. The third-order valence-corrected chi connectivity index (χ3v) is 3.17. The Balaban J connectivity index is -0.000000271. The summed E-state index contributed by atoms with van der Waals surface area (Å²) < 4.78 is 0. The zero-order chi connectivity index (χ0) is 20.4. The number of carbonyl (C=O) groups is 1. The first-order valence-corrected chi connectivity index (χ1v) is 10.0. The fraction of sp³-hybridized carbons (Fsp3) is 0.708. The SMILES string of the molecule is CC(=O)C(C)C.CC(C)C.CCCC(C)C.CCc1cccc(C)c1. The maximum Gasteiger partial charge on any atom is 0.132 e. The quantitative estimate of drug-likeness (QED) is 0.539. The lowest BCUT2D eigenvalue weighted by molar-refractivity contribution is -0.119. The van der Waals surface area contributed by atoms with Crippen LogP contribution in [0.2, 0.25) is 0 Å². The Labute approximate surface area is 159 Å². The molecule has 0 saturated heterocycles. The van der Waals surface area contributed by atoms with Gasteiger partial charge in [-0.3, -0.25) is 4.79 Å². The van der Waals surface area contributed by atoms with Crippen LogP contribution in [-0.2, 0) is 11.2 Å². The molecule has 1 heteroatoms. The molecule has 1 aromatic rings. The summed E-state index contributed by atoms with van der Waals surface area (Å²) >= 11 is 0. The van der Waals surface area contributed by atoms with Crippen molar-refractivity contribution in [1.82, 2.24) is 0 Å². The Hall–Kier alpha value is -1.11. The summed E-state index contributed by atoms with van der Waals surface area (Å²) in [6.07, 6.45) is 3.85. The molecule has 0 fully saturated rings. The molecule has 25 heavy (non-hydrogen) atoms. The highest BCUT2D eigenvalue weighted by Crippen LogP contribution is 2.03. The average Bonchev–Trinajstić information content (AvgIpc) is 2.47. The standard InChI is InChI=1S/C9H12.C6H14.C5H10O.C4H10/c1-3-9-6-4-5-8(2)7-9;1-4-5-6(2)3;1-4(2)5(3)6;1-4(2)3/h4-7H,3H2,1-2H3;6H,4-5H2,1-3H3;4H,1-3H3;4H,1-3H3. The maximum atomic E-state index is 10.1. The average molecular weight is 351 g/mol. The molecular weight excluding hydrogens is 304 g/mol. The van der Waals surface area contributed by atoms with Crippen molar-refractivity contribution in [2.45, 2.75) is 95.4 Å². The highest BCUT2D eigenvalue weighted by Gasteiger charge is 1.95. The second-order valence-corrected chi connectivity index (χ2v) is 8.02. The van der Waals surface area contributed by atoms with E-state index >= 15 is 0 Å². The van der Waals surface area contributed by atoms with E-state index in [2.05, 4.69) is 79.7 Å². The van der Waals surface area contributed by atoms with E-state index in [9.17, 15) is 4.79 Å². The summed E-state index contributed by atoms with van der Waals surface area (Å²) in [5, 5.41) is 0. The number of benzene rings is 1. The zero-order valence-corrected chi connectivity index (χ0v) is 19.1. The minimum Gasteiger partial charge on any atom is -0.300 e. The van der Waals surface area contributed by atoms with E-state index in [4.69, 9.17) is 0 Å². The van der Waals surface area contributed by atoms with Gasteiger partial charge in [-0.1, -0.05) is 105 Å². The van der Waals surface area contributed by atoms with Crippen molar-refractivity contribution >= 4 is 5.78 Å². The molecule has 0 heterocycles. The predicted molar refractivity (Wildman–Crippen MR) is 116 cm³/mol. The molecule has 0 spiro atoms. The number of hydrogen-bond acceptors (Lipinski definition) is 1. The van der Waals surface area contributed by atoms with Crippen molar-refractivity contribution in [2.75, 3.05) is 0 Å². The first-order valence-electron chi connectivity index (χ1n) is 10.0. The van der Waals surface area contributed by atoms with Gasteiger partial charge in [0.1, 0.15) is 5.78 Å². The van der Waals surface area contributed by atoms with E-state index in [0.29, 0.717) is 0 Å². The fourth-order valence-electron chi connectivity index (χ4n) is 1.51. The third-order valence-electron chi connectivity index (χ3n) is 3.17. The van der Waals surface area contributed by atoms with E-state index in [1.54, 1.807) is 6.92 Å². The van der Waals surface area contributed by atoms with Crippen molar-refractivity contribution in [1.29, 1.82) is 0 Å². The number of aryl methyl sites for hydroxylation is 2. The molecule has 0 bridgehead atoms. The Kier molecular flexibility index (Phi) is 22.0. The molecule has 0 radical (unpaired) electrons. The summed E-state index contributed by atoms with van der Waals surface area (Å²) in [7, 11) is 0. The second kappa shape index (κ2) is 19.2. The lowest BCUT2D eigenvalue weighted by Gasteiger charge is -1.95. The monoisotopic (exact) mass is 350 g/mol. The van der Waals surface area contributed by atoms with Crippen molar-refractivity contribution in [3.63, 3.8) is 0 Å². The molecule has 148 valence electrons. The van der Waals surface area contributed by atoms with Crippen LogP contribution < -0.4 is 0 Å². The van der Waals surface area contributed by atoms with Gasteiger partial charge in [-0.05, 0) is 37.7 Å². The predicted octanol–water partition coefficient (Wildman–Crippen LogP) is 7.89. The maximum absolute atomic E-state index is 10.1. The lowest BCUT2D eigenvalue weighted by Crippen LogP contribution is -1.98. The van der Waals surface area contributed by atoms with Gasteiger partial charge in [-0.25, -0.2) is 0 Å².